The van der Waals surface area contributed by atoms with E-state index >= 15 is 0 Å². The third-order valence-electron chi connectivity index (χ3n) is 4.54. The highest BCUT2D eigenvalue weighted by atomic mass is 32.1. The van der Waals surface area contributed by atoms with E-state index in [1.54, 1.807) is 11.3 Å². The van der Waals surface area contributed by atoms with Crippen molar-refractivity contribution in [3.63, 3.8) is 0 Å². The van der Waals surface area contributed by atoms with Gasteiger partial charge in [0.1, 0.15) is 0 Å². The van der Waals surface area contributed by atoms with Gasteiger partial charge in [-0.2, -0.15) is 11.3 Å². The molecular formula is C13H22N2S. The monoisotopic (exact) mass is 238 g/mol. The minimum Gasteiger partial charge on any atom is -0.329 e. The van der Waals surface area contributed by atoms with E-state index in [0.29, 0.717) is 5.41 Å². The number of nitrogens with zero attached hydrogens (tertiary/aromatic N) is 1. The first-order valence-corrected chi connectivity index (χ1v) is 6.88. The highest BCUT2D eigenvalue weighted by Crippen LogP contribution is 2.55. The third kappa shape index (κ3) is 1.92. The predicted molar refractivity (Wildman–Crippen MR) is 70.6 cm³/mol. The molecule has 0 saturated heterocycles. The highest BCUT2D eigenvalue weighted by Gasteiger charge is 2.54. The molecule has 0 amide bonds. The molecule has 0 aromatic carbocycles. The van der Waals surface area contributed by atoms with E-state index in [1.807, 2.05) is 0 Å². The molecule has 2 N–H and O–H groups in total. The number of nitrogens with two attached hydrogens (primary N) is 1. The van der Waals surface area contributed by atoms with Crippen LogP contribution in [0.15, 0.2) is 16.8 Å². The van der Waals surface area contributed by atoms with Crippen LogP contribution in [0.25, 0.3) is 0 Å². The van der Waals surface area contributed by atoms with E-state index in [1.165, 1.54) is 18.4 Å². The molecule has 1 aliphatic rings. The van der Waals surface area contributed by atoms with Gasteiger partial charge in [0.25, 0.3) is 0 Å². The Bertz CT molecular complexity index is 343. The highest BCUT2D eigenvalue weighted by molar-refractivity contribution is 7.07. The van der Waals surface area contributed by atoms with Gasteiger partial charge in [-0.05, 0) is 54.6 Å². The summed E-state index contributed by atoms with van der Waals surface area (Å²) in [5, 5.41) is 4.37. The number of thiophene rings is 1. The second kappa shape index (κ2) is 4.13. The maximum atomic E-state index is 6.02. The first-order valence-electron chi connectivity index (χ1n) is 5.94. The quantitative estimate of drug-likeness (QED) is 0.854. The van der Waals surface area contributed by atoms with Crippen LogP contribution in [0.1, 0.15) is 32.3 Å². The standard InChI is InChI=1S/C13H22N2S/c1-12(5-6-12)13(2,10-14)15(3)8-11-4-7-16-9-11/h4,7,9H,5-6,8,10,14H2,1-3H3. The summed E-state index contributed by atoms with van der Waals surface area (Å²) in [7, 11) is 2.20. The Hall–Kier alpha value is -0.380. The lowest BCUT2D eigenvalue weighted by molar-refractivity contribution is 0.0660. The van der Waals surface area contributed by atoms with Crippen LogP contribution in [0.4, 0.5) is 0 Å². The van der Waals surface area contributed by atoms with Crippen molar-refractivity contribution in [2.24, 2.45) is 11.1 Å². The fourth-order valence-corrected chi connectivity index (χ4v) is 3.08. The zero-order chi connectivity index (χ0) is 11.8. The normalized spacial score (nSPS) is 22.1. The molecule has 0 bridgehead atoms. The molecular weight excluding hydrogens is 216 g/mol. The summed E-state index contributed by atoms with van der Waals surface area (Å²) in [4.78, 5) is 2.43. The maximum Gasteiger partial charge on any atom is 0.0357 e. The molecule has 1 heterocycles. The topological polar surface area (TPSA) is 29.3 Å². The van der Waals surface area contributed by atoms with Gasteiger partial charge in [-0.1, -0.05) is 6.92 Å². The Morgan fingerprint density at radius 1 is 1.56 bits per heavy atom. The summed E-state index contributed by atoms with van der Waals surface area (Å²) in [6, 6.07) is 2.20. The second-order valence-electron chi connectivity index (χ2n) is 5.53. The summed E-state index contributed by atoms with van der Waals surface area (Å²) in [5.41, 5.74) is 7.98. The number of likely N-dealkylation sites (N-methyl/N-ethyl adjacent to an activating group) is 1. The van der Waals surface area contributed by atoms with Gasteiger partial charge in [0.15, 0.2) is 0 Å². The zero-order valence-electron chi connectivity index (χ0n) is 10.5. The summed E-state index contributed by atoms with van der Waals surface area (Å²) in [6.07, 6.45) is 2.63. The van der Waals surface area contributed by atoms with Crippen molar-refractivity contribution >= 4 is 11.3 Å². The van der Waals surface area contributed by atoms with Gasteiger partial charge in [0.05, 0.1) is 0 Å². The van der Waals surface area contributed by atoms with E-state index in [9.17, 15) is 0 Å². The number of rotatable bonds is 5. The molecule has 2 nitrogen and oxygen atoms in total. The molecule has 0 radical (unpaired) electrons. The molecule has 1 fully saturated rings. The van der Waals surface area contributed by atoms with Crippen LogP contribution in [0.5, 0.6) is 0 Å². The minimum atomic E-state index is 0.134. The first kappa shape index (κ1) is 12.1. The van der Waals surface area contributed by atoms with Crippen molar-refractivity contribution in [2.75, 3.05) is 13.6 Å². The van der Waals surface area contributed by atoms with Crippen LogP contribution < -0.4 is 5.73 Å². The fourth-order valence-electron chi connectivity index (χ4n) is 2.42. The van der Waals surface area contributed by atoms with Crippen LogP contribution in [-0.2, 0) is 6.54 Å². The van der Waals surface area contributed by atoms with Gasteiger partial charge in [-0.25, -0.2) is 0 Å². The third-order valence-corrected chi connectivity index (χ3v) is 5.27. The molecule has 3 heteroatoms. The summed E-state index contributed by atoms with van der Waals surface area (Å²) < 4.78 is 0. The van der Waals surface area contributed by atoms with Gasteiger partial charge in [0.2, 0.25) is 0 Å². The van der Waals surface area contributed by atoms with Crippen LogP contribution in [-0.4, -0.2) is 24.0 Å². The average molecular weight is 238 g/mol. The smallest absolute Gasteiger partial charge is 0.0357 e. The SMILES string of the molecule is CN(Cc1ccsc1)C(C)(CN)C1(C)CC1. The molecule has 1 atom stereocenters. The van der Waals surface area contributed by atoms with E-state index in [4.69, 9.17) is 5.73 Å². The number of hydrogen-bond donors (Lipinski definition) is 1. The van der Waals surface area contributed by atoms with Gasteiger partial charge in [-0.3, -0.25) is 4.90 Å². The Kier molecular flexibility index (Phi) is 3.12. The van der Waals surface area contributed by atoms with Crippen LogP contribution in [0.2, 0.25) is 0 Å². The lowest BCUT2D eigenvalue weighted by Gasteiger charge is -2.43. The van der Waals surface area contributed by atoms with Crippen molar-refractivity contribution in [2.45, 2.75) is 38.8 Å². The van der Waals surface area contributed by atoms with Crippen LogP contribution in [0, 0.1) is 5.41 Å². The van der Waals surface area contributed by atoms with E-state index < -0.39 is 0 Å². The van der Waals surface area contributed by atoms with Crippen LogP contribution in [0.3, 0.4) is 0 Å². The van der Waals surface area contributed by atoms with Gasteiger partial charge >= 0.3 is 0 Å². The summed E-state index contributed by atoms with van der Waals surface area (Å²) in [5.74, 6) is 0. The first-order chi connectivity index (χ1) is 7.52. The predicted octanol–water partition coefficient (Wildman–Crippen LogP) is 2.70. The maximum absolute atomic E-state index is 6.02. The van der Waals surface area contributed by atoms with Gasteiger partial charge in [-0.15, -0.1) is 0 Å². The zero-order valence-corrected chi connectivity index (χ0v) is 11.3. The van der Waals surface area contributed by atoms with Crippen molar-refractivity contribution < 1.29 is 0 Å². The lowest BCUT2D eigenvalue weighted by atomic mass is 9.82. The molecule has 1 aromatic heterocycles. The summed E-state index contributed by atoms with van der Waals surface area (Å²) >= 11 is 1.77. The molecule has 0 aliphatic heterocycles. The lowest BCUT2D eigenvalue weighted by Crippen LogP contribution is -2.54. The summed E-state index contributed by atoms with van der Waals surface area (Å²) in [6.45, 7) is 6.42. The Morgan fingerprint density at radius 2 is 2.25 bits per heavy atom. The largest absolute Gasteiger partial charge is 0.329 e. The van der Waals surface area contributed by atoms with Crippen molar-refractivity contribution in [1.82, 2.24) is 4.90 Å². The minimum absolute atomic E-state index is 0.134. The molecule has 1 unspecified atom stereocenters. The Balaban J connectivity index is 2.09. The molecule has 2 rings (SSSR count). The van der Waals surface area contributed by atoms with Crippen molar-refractivity contribution in [1.29, 1.82) is 0 Å². The van der Waals surface area contributed by atoms with Crippen molar-refractivity contribution in [3.05, 3.63) is 22.4 Å². The molecule has 1 saturated carbocycles. The van der Waals surface area contributed by atoms with E-state index in [2.05, 4.69) is 42.6 Å². The molecule has 0 spiro atoms. The Morgan fingerprint density at radius 3 is 2.69 bits per heavy atom. The number of hydrogen-bond acceptors (Lipinski definition) is 3. The molecule has 1 aromatic rings. The van der Waals surface area contributed by atoms with Gasteiger partial charge < -0.3 is 5.73 Å². The average Bonchev–Trinajstić information content (AvgIpc) is 2.81. The molecule has 1 aliphatic carbocycles. The fraction of sp³-hybridized carbons (Fsp3) is 0.692. The van der Waals surface area contributed by atoms with Gasteiger partial charge in [0, 0.05) is 18.6 Å². The molecule has 16 heavy (non-hydrogen) atoms. The van der Waals surface area contributed by atoms with Crippen LogP contribution >= 0.6 is 11.3 Å². The van der Waals surface area contributed by atoms with Crippen molar-refractivity contribution in [3.8, 4) is 0 Å². The van der Waals surface area contributed by atoms with E-state index in [-0.39, 0.29) is 5.54 Å². The second-order valence-corrected chi connectivity index (χ2v) is 6.31. The Labute approximate surface area is 102 Å². The molecule has 90 valence electrons. The van der Waals surface area contributed by atoms with E-state index in [0.717, 1.165) is 13.1 Å².